The number of nitrogens with one attached hydrogen (secondary N) is 2. The van der Waals surface area contributed by atoms with Gasteiger partial charge < -0.3 is 10.6 Å². The summed E-state index contributed by atoms with van der Waals surface area (Å²) in [5, 5.41) is 5.60. The molecule has 1 saturated carbocycles. The average Bonchev–Trinajstić information content (AvgIpc) is 3.43. The molecule has 1 heterocycles. The van der Waals surface area contributed by atoms with Gasteiger partial charge in [-0.3, -0.25) is 4.79 Å². The third-order valence-electron chi connectivity index (χ3n) is 6.43. The van der Waals surface area contributed by atoms with Crippen LogP contribution in [0.1, 0.15) is 58.8 Å². The molecule has 36 heavy (non-hydrogen) atoms. The van der Waals surface area contributed by atoms with Gasteiger partial charge in [0, 0.05) is 6.04 Å². The molecule has 2 N–H and O–H groups in total. The Morgan fingerprint density at radius 1 is 0.972 bits per heavy atom. The minimum absolute atomic E-state index is 0.0342. The molecule has 2 aliphatic rings. The summed E-state index contributed by atoms with van der Waals surface area (Å²) in [6, 6.07) is 5.16. The Kier molecular flexibility index (Phi) is 7.13. The Morgan fingerprint density at radius 2 is 1.64 bits per heavy atom. The maximum Gasteiger partial charge on any atom is 0.417 e. The summed E-state index contributed by atoms with van der Waals surface area (Å²) >= 11 is 0. The highest BCUT2D eigenvalue weighted by atomic mass is 32.2. The maximum atomic E-state index is 13.5. The minimum atomic E-state index is -5.05. The highest BCUT2D eigenvalue weighted by Crippen LogP contribution is 2.37. The second kappa shape index (κ2) is 9.70. The van der Waals surface area contributed by atoms with E-state index in [1.807, 2.05) is 0 Å². The van der Waals surface area contributed by atoms with E-state index in [2.05, 4.69) is 10.6 Å². The highest BCUT2D eigenvalue weighted by Gasteiger charge is 2.39. The molecule has 0 aromatic heterocycles. The van der Waals surface area contributed by atoms with E-state index in [0.29, 0.717) is 18.5 Å². The lowest BCUT2D eigenvalue weighted by atomic mass is 9.96. The molecule has 196 valence electrons. The first kappa shape index (κ1) is 26.5. The van der Waals surface area contributed by atoms with Crippen molar-refractivity contribution in [1.29, 1.82) is 0 Å². The molecule has 0 radical (unpaired) electrons. The van der Waals surface area contributed by atoms with Crippen LogP contribution in [0.5, 0.6) is 0 Å². The summed E-state index contributed by atoms with van der Waals surface area (Å²) in [5.41, 5.74) is -3.56. The molecule has 0 spiro atoms. The standard InChI is InChI=1S/C24H24F6N2O3S/c25-23(26,27)16-7-10-19(24(28,29)30)18(12-16)22(33)32-21(20-2-1-11-31-20)15-5-8-17(9-6-15)36(34,35)13-14-3-4-14/h5-10,12,14,20-21,31H,1-4,11,13H2,(H,32,33). The average molecular weight is 535 g/mol. The van der Waals surface area contributed by atoms with Gasteiger partial charge in [0.1, 0.15) is 0 Å². The van der Waals surface area contributed by atoms with Crippen LogP contribution in [-0.2, 0) is 22.2 Å². The minimum Gasteiger partial charge on any atom is -0.344 e. The molecule has 1 saturated heterocycles. The van der Waals surface area contributed by atoms with E-state index in [0.717, 1.165) is 19.3 Å². The van der Waals surface area contributed by atoms with E-state index >= 15 is 0 Å². The lowest BCUT2D eigenvalue weighted by Gasteiger charge is -2.26. The van der Waals surface area contributed by atoms with E-state index in [4.69, 9.17) is 0 Å². The second-order valence-electron chi connectivity index (χ2n) is 9.20. The van der Waals surface area contributed by atoms with Gasteiger partial charge in [-0.25, -0.2) is 8.42 Å². The van der Waals surface area contributed by atoms with Crippen molar-refractivity contribution in [3.63, 3.8) is 0 Å². The van der Waals surface area contributed by atoms with Gasteiger partial charge >= 0.3 is 12.4 Å². The number of carbonyl (C=O) groups excluding carboxylic acids is 1. The van der Waals surface area contributed by atoms with Gasteiger partial charge in [-0.2, -0.15) is 26.3 Å². The normalized spacial score (nSPS) is 19.8. The van der Waals surface area contributed by atoms with Crippen molar-refractivity contribution >= 4 is 15.7 Å². The Labute approximate surface area is 204 Å². The number of hydrogen-bond donors (Lipinski definition) is 2. The van der Waals surface area contributed by atoms with E-state index in [-0.39, 0.29) is 34.8 Å². The van der Waals surface area contributed by atoms with Crippen molar-refractivity contribution in [2.24, 2.45) is 5.92 Å². The van der Waals surface area contributed by atoms with Crippen LogP contribution in [0.2, 0.25) is 0 Å². The van der Waals surface area contributed by atoms with Gasteiger partial charge in [-0.05, 0) is 74.0 Å². The Bertz CT molecular complexity index is 1220. The van der Waals surface area contributed by atoms with Gasteiger partial charge in [-0.1, -0.05) is 12.1 Å². The SMILES string of the molecule is O=C(NC(c1ccc(S(=O)(=O)CC2CC2)cc1)C1CCCN1)c1cc(C(F)(F)F)ccc1C(F)(F)F. The van der Waals surface area contributed by atoms with Crippen LogP contribution in [-0.4, -0.2) is 32.7 Å². The van der Waals surface area contributed by atoms with E-state index in [9.17, 15) is 39.6 Å². The van der Waals surface area contributed by atoms with E-state index in [1.54, 1.807) is 0 Å². The van der Waals surface area contributed by atoms with E-state index in [1.165, 1.54) is 24.3 Å². The van der Waals surface area contributed by atoms with Crippen LogP contribution in [0, 0.1) is 5.92 Å². The summed E-state index contributed by atoms with van der Waals surface area (Å²) in [6.07, 6.45) is -6.99. The van der Waals surface area contributed by atoms with Crippen LogP contribution in [0.25, 0.3) is 0 Å². The molecule has 2 atom stereocenters. The molecule has 12 heteroatoms. The second-order valence-corrected chi connectivity index (χ2v) is 11.2. The van der Waals surface area contributed by atoms with Gasteiger partial charge in [0.15, 0.2) is 9.84 Å². The van der Waals surface area contributed by atoms with Gasteiger partial charge in [-0.15, -0.1) is 0 Å². The van der Waals surface area contributed by atoms with Crippen molar-refractivity contribution < 1.29 is 39.6 Å². The van der Waals surface area contributed by atoms with Gasteiger partial charge in [0.25, 0.3) is 5.91 Å². The first-order valence-electron chi connectivity index (χ1n) is 11.4. The molecule has 2 aromatic carbocycles. The van der Waals surface area contributed by atoms with Crippen LogP contribution in [0.4, 0.5) is 26.3 Å². The molecule has 2 fully saturated rings. The number of amides is 1. The molecule has 2 unspecified atom stereocenters. The summed E-state index contributed by atoms with van der Waals surface area (Å²) < 4.78 is 105. The fourth-order valence-electron chi connectivity index (χ4n) is 4.36. The Balaban J connectivity index is 1.65. The number of halogens is 6. The summed E-state index contributed by atoms with van der Waals surface area (Å²) in [7, 11) is -3.50. The molecule has 2 aromatic rings. The molecule has 4 rings (SSSR count). The first-order chi connectivity index (χ1) is 16.8. The van der Waals surface area contributed by atoms with Crippen LogP contribution < -0.4 is 10.6 Å². The predicted octanol–water partition coefficient (Wildman–Crippen LogP) is 5.13. The number of carbonyl (C=O) groups is 1. The van der Waals surface area contributed by atoms with Gasteiger partial charge in [0.2, 0.25) is 0 Å². The lowest BCUT2D eigenvalue weighted by molar-refractivity contribution is -0.141. The van der Waals surface area contributed by atoms with Crippen molar-refractivity contribution in [2.45, 2.75) is 55.0 Å². The summed E-state index contributed by atoms with van der Waals surface area (Å²) in [5.74, 6) is -1.14. The summed E-state index contributed by atoms with van der Waals surface area (Å²) in [6.45, 7) is 0.586. The predicted molar refractivity (Wildman–Crippen MR) is 119 cm³/mol. The zero-order valence-corrected chi connectivity index (χ0v) is 19.7. The zero-order valence-electron chi connectivity index (χ0n) is 18.9. The number of alkyl halides is 6. The number of benzene rings is 2. The van der Waals surface area contributed by atoms with Crippen molar-refractivity contribution in [1.82, 2.24) is 10.6 Å². The van der Waals surface area contributed by atoms with Crippen molar-refractivity contribution in [2.75, 3.05) is 12.3 Å². The molecular formula is C24H24F6N2O3S. The maximum absolute atomic E-state index is 13.5. The number of sulfone groups is 1. The van der Waals surface area contributed by atoms with Crippen molar-refractivity contribution in [3.8, 4) is 0 Å². The monoisotopic (exact) mass is 534 g/mol. The fraction of sp³-hybridized carbons (Fsp3) is 0.458. The molecule has 5 nitrogen and oxygen atoms in total. The topological polar surface area (TPSA) is 75.3 Å². The third-order valence-corrected chi connectivity index (χ3v) is 8.34. The van der Waals surface area contributed by atoms with E-state index < -0.39 is 56.9 Å². The van der Waals surface area contributed by atoms with Gasteiger partial charge in [0.05, 0.1) is 33.4 Å². The van der Waals surface area contributed by atoms with Crippen molar-refractivity contribution in [3.05, 3.63) is 64.7 Å². The Hall–Kier alpha value is -2.60. The molecule has 1 amide bonds. The third kappa shape index (κ3) is 6.03. The quantitative estimate of drug-likeness (QED) is 0.483. The van der Waals surface area contributed by atoms with Crippen LogP contribution >= 0.6 is 0 Å². The number of hydrogen-bond acceptors (Lipinski definition) is 4. The molecule has 0 bridgehead atoms. The zero-order chi connectivity index (χ0) is 26.3. The highest BCUT2D eigenvalue weighted by molar-refractivity contribution is 7.91. The van der Waals surface area contributed by atoms with Crippen LogP contribution in [0.15, 0.2) is 47.4 Å². The first-order valence-corrected chi connectivity index (χ1v) is 13.1. The largest absolute Gasteiger partial charge is 0.417 e. The number of rotatable bonds is 7. The molecule has 1 aliphatic carbocycles. The smallest absolute Gasteiger partial charge is 0.344 e. The fourth-order valence-corrected chi connectivity index (χ4v) is 6.06. The van der Waals surface area contributed by atoms with Crippen LogP contribution in [0.3, 0.4) is 0 Å². The Morgan fingerprint density at radius 3 is 2.17 bits per heavy atom. The molecular weight excluding hydrogens is 510 g/mol. The summed E-state index contributed by atoms with van der Waals surface area (Å²) in [4.78, 5) is 13.1. The molecule has 1 aliphatic heterocycles. The lowest BCUT2D eigenvalue weighted by Crippen LogP contribution is -2.41.